The average molecular weight is 369 g/mol. The summed E-state index contributed by atoms with van der Waals surface area (Å²) in [6, 6.07) is 7.98. The lowest BCUT2D eigenvalue weighted by Crippen LogP contribution is -2.29. The van der Waals surface area contributed by atoms with Crippen LogP contribution < -0.4 is 5.32 Å². The van der Waals surface area contributed by atoms with Crippen LogP contribution in [0.3, 0.4) is 0 Å². The Labute approximate surface area is 157 Å². The van der Waals surface area contributed by atoms with Gasteiger partial charge in [-0.2, -0.15) is 0 Å². The zero-order chi connectivity index (χ0) is 17.9. The predicted octanol–water partition coefficient (Wildman–Crippen LogP) is 3.62. The second-order valence-electron chi connectivity index (χ2n) is 6.98. The van der Waals surface area contributed by atoms with Gasteiger partial charge in [0.05, 0.1) is 12.2 Å². The molecule has 3 heterocycles. The zero-order valence-corrected chi connectivity index (χ0v) is 15.9. The van der Waals surface area contributed by atoms with E-state index >= 15 is 0 Å². The number of likely N-dealkylation sites (tertiary alicyclic amines) is 1. The molecule has 5 nitrogen and oxygen atoms in total. The van der Waals surface area contributed by atoms with Crippen molar-refractivity contribution in [1.29, 1.82) is 0 Å². The van der Waals surface area contributed by atoms with Crippen molar-refractivity contribution < 1.29 is 4.79 Å². The minimum Gasteiger partial charge on any atom is -0.346 e. The maximum Gasteiger partial charge on any atom is 0.251 e. The summed E-state index contributed by atoms with van der Waals surface area (Å²) in [5, 5.41) is 5.05. The molecule has 0 bridgehead atoms. The van der Waals surface area contributed by atoms with Gasteiger partial charge in [-0.05, 0) is 50.6 Å². The van der Waals surface area contributed by atoms with Gasteiger partial charge >= 0.3 is 0 Å². The smallest absolute Gasteiger partial charge is 0.251 e. The van der Waals surface area contributed by atoms with Crippen LogP contribution in [-0.4, -0.2) is 33.3 Å². The van der Waals surface area contributed by atoms with E-state index < -0.39 is 0 Å². The molecule has 0 saturated carbocycles. The fourth-order valence-corrected chi connectivity index (χ4v) is 4.31. The topological polar surface area (TPSA) is 49.6 Å². The summed E-state index contributed by atoms with van der Waals surface area (Å²) < 4.78 is 2.06. The third-order valence-electron chi connectivity index (χ3n) is 4.94. The largest absolute Gasteiger partial charge is 0.346 e. The van der Waals surface area contributed by atoms with E-state index in [1.165, 1.54) is 43.6 Å². The fraction of sp³-hybridized carbons (Fsp3) is 0.400. The van der Waals surface area contributed by atoms with Gasteiger partial charge in [0.15, 0.2) is 4.96 Å². The van der Waals surface area contributed by atoms with Crippen LogP contribution in [0.5, 0.6) is 0 Å². The molecule has 1 saturated heterocycles. The molecular formula is C20H24N4OS. The van der Waals surface area contributed by atoms with E-state index in [-0.39, 0.29) is 5.91 Å². The number of amides is 1. The number of nitrogens with one attached hydrogen (secondary N) is 1. The minimum atomic E-state index is -0.0531. The first kappa shape index (κ1) is 17.2. The molecule has 136 valence electrons. The van der Waals surface area contributed by atoms with Crippen molar-refractivity contribution in [2.75, 3.05) is 13.1 Å². The lowest BCUT2D eigenvalue weighted by molar-refractivity contribution is 0.0950. The number of hydrogen-bond donors (Lipinski definition) is 1. The maximum atomic E-state index is 12.4. The summed E-state index contributed by atoms with van der Waals surface area (Å²) >= 11 is 1.62. The first-order valence-electron chi connectivity index (χ1n) is 9.20. The van der Waals surface area contributed by atoms with Crippen molar-refractivity contribution in [3.8, 4) is 0 Å². The van der Waals surface area contributed by atoms with Crippen LogP contribution >= 0.6 is 11.3 Å². The zero-order valence-electron chi connectivity index (χ0n) is 15.1. The number of thiazole rings is 1. The Hall–Kier alpha value is -2.18. The van der Waals surface area contributed by atoms with Gasteiger partial charge in [-0.15, -0.1) is 11.3 Å². The summed E-state index contributed by atoms with van der Waals surface area (Å²) in [4.78, 5) is 20.4. The summed E-state index contributed by atoms with van der Waals surface area (Å²) in [6.07, 6.45) is 5.94. The summed E-state index contributed by atoms with van der Waals surface area (Å²) in [6.45, 7) is 5.85. The van der Waals surface area contributed by atoms with Crippen LogP contribution in [0.1, 0.15) is 46.6 Å². The molecule has 1 aliphatic heterocycles. The summed E-state index contributed by atoms with van der Waals surface area (Å²) in [5.74, 6) is -0.0531. The van der Waals surface area contributed by atoms with Gasteiger partial charge in [0.25, 0.3) is 5.91 Å². The number of hydrogen-bond acceptors (Lipinski definition) is 4. The molecule has 0 radical (unpaired) electrons. The second kappa shape index (κ2) is 7.60. The monoisotopic (exact) mass is 368 g/mol. The molecule has 0 unspecified atom stereocenters. The van der Waals surface area contributed by atoms with Gasteiger partial charge < -0.3 is 5.32 Å². The van der Waals surface area contributed by atoms with Gasteiger partial charge in [-0.1, -0.05) is 18.6 Å². The van der Waals surface area contributed by atoms with Crippen molar-refractivity contribution in [1.82, 2.24) is 19.6 Å². The Morgan fingerprint density at radius 1 is 1.19 bits per heavy atom. The highest BCUT2D eigenvalue weighted by molar-refractivity contribution is 7.15. The quantitative estimate of drug-likeness (QED) is 0.748. The summed E-state index contributed by atoms with van der Waals surface area (Å²) in [5.41, 5.74) is 4.02. The van der Waals surface area contributed by atoms with Crippen molar-refractivity contribution in [3.05, 3.63) is 58.4 Å². The first-order valence-corrected chi connectivity index (χ1v) is 10.1. The average Bonchev–Trinajstić information content (AvgIpc) is 3.23. The van der Waals surface area contributed by atoms with Gasteiger partial charge in [-0.25, -0.2) is 4.98 Å². The number of aryl methyl sites for hydroxylation is 1. The Balaban J connectivity index is 1.33. The van der Waals surface area contributed by atoms with Crippen LogP contribution in [-0.2, 0) is 13.1 Å². The molecule has 4 rings (SSSR count). The molecule has 0 spiro atoms. The van der Waals surface area contributed by atoms with E-state index in [1.54, 1.807) is 11.3 Å². The second-order valence-corrected chi connectivity index (χ2v) is 7.81. The Bertz CT molecular complexity index is 890. The maximum absolute atomic E-state index is 12.4. The van der Waals surface area contributed by atoms with E-state index in [2.05, 4.69) is 44.0 Å². The van der Waals surface area contributed by atoms with Gasteiger partial charge in [-0.3, -0.25) is 14.1 Å². The molecule has 2 aromatic heterocycles. The van der Waals surface area contributed by atoms with Crippen LogP contribution in [0.4, 0.5) is 0 Å². The van der Waals surface area contributed by atoms with E-state index in [4.69, 9.17) is 0 Å². The number of benzene rings is 1. The molecule has 26 heavy (non-hydrogen) atoms. The molecule has 1 aliphatic rings. The van der Waals surface area contributed by atoms with Crippen LogP contribution in [0, 0.1) is 6.92 Å². The highest BCUT2D eigenvalue weighted by Gasteiger charge is 2.12. The molecular weight excluding hydrogens is 344 g/mol. The number of aromatic nitrogens is 2. The number of imidazole rings is 1. The Kier molecular flexibility index (Phi) is 5.04. The Morgan fingerprint density at radius 3 is 2.69 bits per heavy atom. The van der Waals surface area contributed by atoms with Gasteiger partial charge in [0.2, 0.25) is 0 Å². The van der Waals surface area contributed by atoms with E-state index in [9.17, 15) is 4.79 Å². The SMILES string of the molecule is Cc1csc2nc(CNC(=O)c3ccc(CN4CCCCC4)cc3)cn12. The lowest BCUT2D eigenvalue weighted by atomic mass is 10.1. The number of piperidine rings is 1. The predicted molar refractivity (Wildman–Crippen MR) is 105 cm³/mol. The minimum absolute atomic E-state index is 0.0531. The van der Waals surface area contributed by atoms with Crippen LogP contribution in [0.15, 0.2) is 35.8 Å². The molecule has 0 aliphatic carbocycles. The highest BCUT2D eigenvalue weighted by atomic mass is 32.1. The van der Waals surface area contributed by atoms with Crippen molar-refractivity contribution in [2.45, 2.75) is 39.3 Å². The number of rotatable bonds is 5. The molecule has 1 aromatic carbocycles. The summed E-state index contributed by atoms with van der Waals surface area (Å²) in [7, 11) is 0. The number of fused-ring (bicyclic) bond motifs is 1. The molecule has 1 fully saturated rings. The van der Waals surface area contributed by atoms with E-state index in [0.29, 0.717) is 12.1 Å². The van der Waals surface area contributed by atoms with E-state index in [0.717, 1.165) is 17.2 Å². The number of carbonyl (C=O) groups excluding carboxylic acids is 1. The number of nitrogens with zero attached hydrogens (tertiary/aromatic N) is 3. The number of carbonyl (C=O) groups is 1. The van der Waals surface area contributed by atoms with Crippen molar-refractivity contribution in [2.24, 2.45) is 0 Å². The van der Waals surface area contributed by atoms with Crippen molar-refractivity contribution in [3.63, 3.8) is 0 Å². The molecule has 0 atom stereocenters. The fourth-order valence-electron chi connectivity index (χ4n) is 3.44. The third kappa shape index (κ3) is 3.81. The first-order chi connectivity index (χ1) is 12.7. The van der Waals surface area contributed by atoms with E-state index in [1.807, 2.05) is 18.3 Å². The molecule has 6 heteroatoms. The highest BCUT2D eigenvalue weighted by Crippen LogP contribution is 2.16. The van der Waals surface area contributed by atoms with Gasteiger partial charge in [0, 0.05) is 29.4 Å². The Morgan fingerprint density at radius 2 is 1.96 bits per heavy atom. The molecule has 1 amide bonds. The van der Waals surface area contributed by atoms with Crippen LogP contribution in [0.2, 0.25) is 0 Å². The van der Waals surface area contributed by atoms with Crippen LogP contribution in [0.25, 0.3) is 4.96 Å². The molecule has 1 N–H and O–H groups in total. The normalized spacial score (nSPS) is 15.4. The van der Waals surface area contributed by atoms with Gasteiger partial charge in [0.1, 0.15) is 0 Å². The van der Waals surface area contributed by atoms with Crippen molar-refractivity contribution >= 4 is 22.2 Å². The molecule has 3 aromatic rings. The third-order valence-corrected chi connectivity index (χ3v) is 5.90. The standard InChI is InChI=1S/C20H24N4OS/c1-15-14-26-20-22-18(13-24(15)20)11-21-19(25)17-7-5-16(6-8-17)12-23-9-3-2-4-10-23/h5-8,13-14H,2-4,9-12H2,1H3,(H,21,25). The lowest BCUT2D eigenvalue weighted by Gasteiger charge is -2.26.